The van der Waals surface area contributed by atoms with Crippen LogP contribution >= 0.6 is 0 Å². The van der Waals surface area contributed by atoms with Gasteiger partial charge in [0.15, 0.2) is 0 Å². The highest BCUT2D eigenvalue weighted by Gasteiger charge is 1.95. The van der Waals surface area contributed by atoms with Crippen LogP contribution in [0.5, 0.6) is 0 Å². The molecule has 0 bridgehead atoms. The highest BCUT2D eigenvalue weighted by atomic mass is 14.0. The van der Waals surface area contributed by atoms with Gasteiger partial charge in [0.05, 0.1) is 0 Å². The molecule has 0 aliphatic rings. The summed E-state index contributed by atoms with van der Waals surface area (Å²) in [7, 11) is 0. The summed E-state index contributed by atoms with van der Waals surface area (Å²) < 4.78 is 27.8. The molecule has 0 heteroatoms. The number of hydrogen-bond acceptors (Lipinski definition) is 0. The largest absolute Gasteiger partial charge is 0.0604 e. The zero-order valence-electron chi connectivity index (χ0n) is 7.33. The van der Waals surface area contributed by atoms with Crippen LogP contribution in [0.1, 0.15) is 33.1 Å². The second kappa shape index (κ2) is 1.00. The van der Waals surface area contributed by atoms with Gasteiger partial charge in [-0.15, -0.1) is 0 Å². The number of rotatable bonds is 0. The lowest BCUT2D eigenvalue weighted by Crippen LogP contribution is -1.93. The van der Waals surface area contributed by atoms with E-state index in [4.69, 9.17) is 5.48 Å². The van der Waals surface area contributed by atoms with Crippen molar-refractivity contribution in [3.05, 3.63) is 0 Å². The third kappa shape index (κ3) is 0. The van der Waals surface area contributed by atoms with E-state index in [0.717, 1.165) is 0 Å². The SMILES string of the molecule is [3H]CC(C[3H])(C[3H])C[3H]. The Morgan fingerprint density at radius 1 is 1.20 bits per heavy atom. The molecule has 0 amide bonds. The Balaban J connectivity index is 3.82. The van der Waals surface area contributed by atoms with E-state index >= 15 is 0 Å². The van der Waals surface area contributed by atoms with Gasteiger partial charge in [-0.3, -0.25) is 0 Å². The lowest BCUT2D eigenvalue weighted by molar-refractivity contribution is 0.469. The summed E-state index contributed by atoms with van der Waals surface area (Å²) in [5.41, 5.74) is -0.667. The first-order chi connectivity index (χ1) is 4.24. The maximum Gasteiger partial charge on any atom is 0.0236 e. The lowest BCUT2D eigenvalue weighted by atomic mass is 10.0. The molecular weight excluding hydrogens is 60.1 g/mol. The predicted octanol–water partition coefficient (Wildman–Crippen LogP) is 2.05. The van der Waals surface area contributed by atoms with Crippen molar-refractivity contribution in [1.82, 2.24) is 0 Å². The molecular formula is C5H12. The van der Waals surface area contributed by atoms with Gasteiger partial charge in [-0.1, -0.05) is 27.6 Å². The minimum absolute atomic E-state index is 0.0312. The van der Waals surface area contributed by atoms with E-state index in [1.165, 1.54) is 0 Å². The van der Waals surface area contributed by atoms with E-state index in [2.05, 4.69) is 0 Å². The van der Waals surface area contributed by atoms with Gasteiger partial charge in [-0.25, -0.2) is 0 Å². The Hall–Kier alpha value is 0. The molecule has 0 aromatic heterocycles. The van der Waals surface area contributed by atoms with Crippen LogP contribution in [0.4, 0.5) is 0 Å². The van der Waals surface area contributed by atoms with E-state index in [-0.39, 0.29) is 27.6 Å². The highest BCUT2D eigenvalue weighted by molar-refractivity contribution is 4.47. The summed E-state index contributed by atoms with van der Waals surface area (Å²) in [4.78, 5) is 0. The summed E-state index contributed by atoms with van der Waals surface area (Å²) in [6.45, 7) is 0.125. The third-order valence-corrected chi connectivity index (χ3v) is 0. The van der Waals surface area contributed by atoms with Crippen LogP contribution in [0.3, 0.4) is 0 Å². The first kappa shape index (κ1) is 1.25. The van der Waals surface area contributed by atoms with Crippen molar-refractivity contribution >= 4 is 0 Å². The Kier molecular flexibility index (Phi) is 0.250. The van der Waals surface area contributed by atoms with E-state index in [1.54, 1.807) is 0 Å². The maximum absolute atomic E-state index is 6.95. The zero-order valence-corrected chi connectivity index (χ0v) is 3.33. The molecule has 0 heterocycles. The van der Waals surface area contributed by atoms with Crippen LogP contribution in [-0.4, -0.2) is 0 Å². The van der Waals surface area contributed by atoms with Gasteiger partial charge in [-0.05, 0) is 5.41 Å². The average molecular weight is 80.2 g/mol. The Morgan fingerprint density at radius 2 is 1.60 bits per heavy atom. The van der Waals surface area contributed by atoms with Gasteiger partial charge in [0.1, 0.15) is 0 Å². The molecule has 0 rings (SSSR count). The van der Waals surface area contributed by atoms with Crippen molar-refractivity contribution in [1.29, 1.82) is 0 Å². The molecule has 0 aromatic carbocycles. The monoisotopic (exact) mass is 80.1 g/mol. The second-order valence-corrected chi connectivity index (χ2v) is 1.50. The second-order valence-electron chi connectivity index (χ2n) is 1.50. The Labute approximate surface area is 39.8 Å². The van der Waals surface area contributed by atoms with Crippen molar-refractivity contribution in [2.45, 2.75) is 27.6 Å². The normalized spacial score (nSPS) is 22.4. The maximum atomic E-state index is 6.95. The fraction of sp³-hybridized carbons (Fsp3) is 1.00. The van der Waals surface area contributed by atoms with Crippen molar-refractivity contribution in [3.63, 3.8) is 0 Å². The van der Waals surface area contributed by atoms with E-state index < -0.39 is 5.41 Å². The summed E-state index contributed by atoms with van der Waals surface area (Å²) in [5.74, 6) is 0. The molecule has 5 heavy (non-hydrogen) atoms. The molecule has 0 aromatic rings. The average Bonchev–Trinajstić information content (AvgIpc) is 1.95. The van der Waals surface area contributed by atoms with Gasteiger partial charge in [0, 0.05) is 5.48 Å². The third-order valence-electron chi connectivity index (χ3n) is 0. The summed E-state index contributed by atoms with van der Waals surface area (Å²) >= 11 is 0. The summed E-state index contributed by atoms with van der Waals surface area (Å²) in [6.07, 6.45) is 0. The van der Waals surface area contributed by atoms with Crippen LogP contribution in [0, 0.1) is 5.41 Å². The predicted molar refractivity (Wildman–Crippen MR) is 25.1 cm³/mol. The van der Waals surface area contributed by atoms with Crippen LogP contribution in [0.25, 0.3) is 0 Å². The molecule has 0 fully saturated rings. The topological polar surface area (TPSA) is 0 Å². The van der Waals surface area contributed by atoms with Crippen LogP contribution in [0.15, 0.2) is 0 Å². The summed E-state index contributed by atoms with van der Waals surface area (Å²) in [5, 5.41) is 0. The molecule has 0 atom stereocenters. The quantitative estimate of drug-likeness (QED) is 0.418. The van der Waals surface area contributed by atoms with Gasteiger partial charge < -0.3 is 0 Å². The smallest absolute Gasteiger partial charge is 0.0236 e. The molecule has 0 saturated carbocycles. The van der Waals surface area contributed by atoms with Gasteiger partial charge >= 0.3 is 0 Å². The molecule has 0 N–H and O–H groups in total. The molecule has 0 radical (unpaired) electrons. The molecule has 0 nitrogen and oxygen atoms in total. The van der Waals surface area contributed by atoms with Gasteiger partial charge in [0.2, 0.25) is 0 Å². The van der Waals surface area contributed by atoms with Crippen LogP contribution in [0.2, 0.25) is 0 Å². The highest BCUT2D eigenvalue weighted by Crippen LogP contribution is 2.07. The molecule has 0 unspecified atom stereocenters. The number of hydrogen-bond donors (Lipinski definition) is 0. The fourth-order valence-corrected chi connectivity index (χ4v) is 0. The molecule has 0 aliphatic heterocycles. The Bertz CT molecular complexity index is 51.8. The van der Waals surface area contributed by atoms with Gasteiger partial charge in [0.25, 0.3) is 0 Å². The van der Waals surface area contributed by atoms with Crippen LogP contribution in [-0.2, 0) is 0 Å². The minimum Gasteiger partial charge on any atom is -0.0604 e. The van der Waals surface area contributed by atoms with E-state index in [0.29, 0.717) is 0 Å². The molecule has 0 saturated heterocycles. The van der Waals surface area contributed by atoms with E-state index in [1.807, 2.05) is 0 Å². The fourth-order valence-electron chi connectivity index (χ4n) is 0. The van der Waals surface area contributed by atoms with Gasteiger partial charge in [-0.2, -0.15) is 0 Å². The minimum atomic E-state index is -0.667. The molecule has 0 aliphatic carbocycles. The molecule has 32 valence electrons. The van der Waals surface area contributed by atoms with Crippen molar-refractivity contribution in [2.75, 3.05) is 0 Å². The Morgan fingerprint density at radius 3 is 1.60 bits per heavy atom. The van der Waals surface area contributed by atoms with Crippen molar-refractivity contribution in [3.8, 4) is 0 Å². The summed E-state index contributed by atoms with van der Waals surface area (Å²) in [6, 6.07) is 0. The van der Waals surface area contributed by atoms with Crippen molar-refractivity contribution < 1.29 is 5.48 Å². The first-order valence-corrected chi connectivity index (χ1v) is 1.41. The van der Waals surface area contributed by atoms with E-state index in [9.17, 15) is 0 Å². The lowest BCUT2D eigenvalue weighted by Gasteiger charge is -2.05. The molecule has 0 spiro atoms. The van der Waals surface area contributed by atoms with Crippen LogP contribution < -0.4 is 0 Å². The zero-order chi connectivity index (χ0) is 7.33. The first-order valence-electron chi connectivity index (χ1n) is 4.24. The standard InChI is InChI=1S/C5H12/c1-5(2,3)4/h1-4H3/i1T,2T,3T,4T. The van der Waals surface area contributed by atoms with Crippen molar-refractivity contribution in [2.24, 2.45) is 5.41 Å².